The summed E-state index contributed by atoms with van der Waals surface area (Å²) in [4.78, 5) is 9.83. The van der Waals surface area contributed by atoms with Crippen molar-refractivity contribution in [3.05, 3.63) is 83.1 Å². The second-order valence-corrected chi connectivity index (χ2v) is 9.23. The van der Waals surface area contributed by atoms with Crippen LogP contribution >= 0.6 is 0 Å². The SMILES string of the molecule is CC(C)c1cnn2c(N[C@@H]3CCC4=C(C3)c3ccccc3C4)nc(-c3ccccc3)nc12. The van der Waals surface area contributed by atoms with E-state index in [1.165, 1.54) is 16.7 Å². The van der Waals surface area contributed by atoms with E-state index in [4.69, 9.17) is 9.97 Å². The molecular weight excluding hydrogens is 394 g/mol. The molecule has 0 radical (unpaired) electrons. The third-order valence-electron chi connectivity index (χ3n) is 6.80. The van der Waals surface area contributed by atoms with E-state index < -0.39 is 0 Å². The molecule has 0 unspecified atom stereocenters. The van der Waals surface area contributed by atoms with Crippen LogP contribution in [0.4, 0.5) is 5.95 Å². The molecule has 0 fully saturated rings. The maximum atomic E-state index is 4.93. The number of nitrogens with one attached hydrogen (secondary N) is 1. The van der Waals surface area contributed by atoms with E-state index in [0.717, 1.165) is 54.2 Å². The van der Waals surface area contributed by atoms with Gasteiger partial charge in [0, 0.05) is 17.2 Å². The first-order valence-electron chi connectivity index (χ1n) is 11.5. The topological polar surface area (TPSA) is 55.1 Å². The van der Waals surface area contributed by atoms with Gasteiger partial charge in [-0.1, -0.05) is 74.0 Å². The fourth-order valence-corrected chi connectivity index (χ4v) is 5.10. The van der Waals surface area contributed by atoms with Gasteiger partial charge in [-0.25, -0.2) is 4.98 Å². The third-order valence-corrected chi connectivity index (χ3v) is 6.80. The number of hydrogen-bond donors (Lipinski definition) is 1. The zero-order chi connectivity index (χ0) is 21.7. The fourth-order valence-electron chi connectivity index (χ4n) is 5.10. The minimum absolute atomic E-state index is 0.327. The van der Waals surface area contributed by atoms with E-state index in [1.807, 2.05) is 28.9 Å². The smallest absolute Gasteiger partial charge is 0.228 e. The molecule has 5 heteroatoms. The molecule has 1 atom stereocenters. The predicted octanol–water partition coefficient (Wildman–Crippen LogP) is 5.89. The van der Waals surface area contributed by atoms with E-state index in [9.17, 15) is 0 Å². The Morgan fingerprint density at radius 3 is 2.66 bits per heavy atom. The van der Waals surface area contributed by atoms with Gasteiger partial charge in [0.05, 0.1) is 6.20 Å². The molecule has 6 rings (SSSR count). The highest BCUT2D eigenvalue weighted by atomic mass is 15.4. The lowest BCUT2D eigenvalue weighted by molar-refractivity contribution is 0.625. The Bertz CT molecular complexity index is 1330. The molecule has 2 aliphatic rings. The second kappa shape index (κ2) is 7.59. The highest BCUT2D eigenvalue weighted by molar-refractivity contribution is 5.77. The van der Waals surface area contributed by atoms with Crippen molar-refractivity contribution in [3.8, 4) is 11.4 Å². The molecule has 160 valence electrons. The molecule has 0 aliphatic heterocycles. The predicted molar refractivity (Wildman–Crippen MR) is 129 cm³/mol. The van der Waals surface area contributed by atoms with Gasteiger partial charge < -0.3 is 5.32 Å². The first-order chi connectivity index (χ1) is 15.7. The second-order valence-electron chi connectivity index (χ2n) is 9.23. The van der Waals surface area contributed by atoms with Crippen molar-refractivity contribution >= 4 is 17.2 Å². The van der Waals surface area contributed by atoms with E-state index in [0.29, 0.717) is 12.0 Å². The average molecular weight is 422 g/mol. The molecule has 0 saturated carbocycles. The maximum absolute atomic E-state index is 4.93. The highest BCUT2D eigenvalue weighted by Gasteiger charge is 2.29. The normalized spacial score (nSPS) is 17.7. The number of rotatable bonds is 4. The molecule has 0 spiro atoms. The van der Waals surface area contributed by atoms with Crippen LogP contribution in [-0.2, 0) is 6.42 Å². The summed E-state index contributed by atoms with van der Waals surface area (Å²) in [6.07, 6.45) is 6.32. The van der Waals surface area contributed by atoms with Gasteiger partial charge in [0.1, 0.15) is 0 Å². The van der Waals surface area contributed by atoms with Gasteiger partial charge in [-0.15, -0.1) is 0 Å². The highest BCUT2D eigenvalue weighted by Crippen LogP contribution is 2.42. The van der Waals surface area contributed by atoms with Crippen molar-refractivity contribution in [2.24, 2.45) is 0 Å². The van der Waals surface area contributed by atoms with E-state index in [-0.39, 0.29) is 0 Å². The van der Waals surface area contributed by atoms with Gasteiger partial charge in [0.25, 0.3) is 0 Å². The number of hydrogen-bond acceptors (Lipinski definition) is 4. The van der Waals surface area contributed by atoms with Crippen molar-refractivity contribution in [1.29, 1.82) is 0 Å². The van der Waals surface area contributed by atoms with Crippen LogP contribution in [0.1, 0.15) is 55.7 Å². The zero-order valence-electron chi connectivity index (χ0n) is 18.5. The van der Waals surface area contributed by atoms with Gasteiger partial charge >= 0.3 is 0 Å². The number of fused-ring (bicyclic) bond motifs is 3. The molecule has 2 aromatic carbocycles. The summed E-state index contributed by atoms with van der Waals surface area (Å²) < 4.78 is 1.88. The number of anilines is 1. The summed E-state index contributed by atoms with van der Waals surface area (Å²) in [6, 6.07) is 19.4. The average Bonchev–Trinajstić information content (AvgIpc) is 3.41. The van der Waals surface area contributed by atoms with E-state index >= 15 is 0 Å². The summed E-state index contributed by atoms with van der Waals surface area (Å²) in [7, 11) is 0. The number of nitrogens with zero attached hydrogens (tertiary/aromatic N) is 4. The number of allylic oxidation sites excluding steroid dienone is 1. The Balaban J connectivity index is 1.38. The Kier molecular flexibility index (Phi) is 4.56. The molecule has 2 heterocycles. The van der Waals surface area contributed by atoms with Crippen LogP contribution in [-0.4, -0.2) is 25.6 Å². The zero-order valence-corrected chi connectivity index (χ0v) is 18.5. The van der Waals surface area contributed by atoms with E-state index in [2.05, 4.69) is 60.7 Å². The van der Waals surface area contributed by atoms with Crippen molar-refractivity contribution in [1.82, 2.24) is 19.6 Å². The molecule has 2 aromatic heterocycles. The molecule has 32 heavy (non-hydrogen) atoms. The molecule has 4 aromatic rings. The lowest BCUT2D eigenvalue weighted by Gasteiger charge is -2.26. The minimum Gasteiger partial charge on any atom is -0.351 e. The Hall–Kier alpha value is -3.47. The van der Waals surface area contributed by atoms with Crippen LogP contribution in [0.25, 0.3) is 22.6 Å². The fraction of sp³-hybridized carbons (Fsp3) is 0.296. The van der Waals surface area contributed by atoms with Crippen LogP contribution in [0, 0.1) is 0 Å². The van der Waals surface area contributed by atoms with Crippen LogP contribution in [0.2, 0.25) is 0 Å². The monoisotopic (exact) mass is 421 g/mol. The molecule has 0 saturated heterocycles. The third kappa shape index (κ3) is 3.20. The molecule has 0 bridgehead atoms. The van der Waals surface area contributed by atoms with Gasteiger partial charge in [-0.3, -0.25) is 0 Å². The number of benzene rings is 2. The standard InChI is InChI=1S/C27H27N5/c1-17(2)24-16-28-32-26(24)30-25(18-8-4-3-5-9-18)31-27(32)29-21-13-12-20-14-19-10-6-7-11-22(19)23(20)15-21/h3-11,16-17,21H,12-15H2,1-2H3,(H,29,30,31)/t21-/m1/s1. The Morgan fingerprint density at radius 2 is 1.81 bits per heavy atom. The maximum Gasteiger partial charge on any atom is 0.228 e. The Morgan fingerprint density at radius 1 is 1.00 bits per heavy atom. The quantitative estimate of drug-likeness (QED) is 0.446. The summed E-state index contributed by atoms with van der Waals surface area (Å²) in [6.45, 7) is 4.36. The summed E-state index contributed by atoms with van der Waals surface area (Å²) >= 11 is 0. The summed E-state index contributed by atoms with van der Waals surface area (Å²) in [5.74, 6) is 1.86. The van der Waals surface area contributed by atoms with Gasteiger partial charge in [0.15, 0.2) is 11.5 Å². The molecular formula is C27H27N5. The van der Waals surface area contributed by atoms with Crippen molar-refractivity contribution in [3.63, 3.8) is 0 Å². The van der Waals surface area contributed by atoms with Crippen LogP contribution in [0.5, 0.6) is 0 Å². The lowest BCUT2D eigenvalue weighted by Crippen LogP contribution is -2.25. The molecule has 0 amide bonds. The van der Waals surface area contributed by atoms with Crippen molar-refractivity contribution < 1.29 is 0 Å². The van der Waals surface area contributed by atoms with Gasteiger partial charge in [0.2, 0.25) is 5.95 Å². The van der Waals surface area contributed by atoms with Crippen LogP contribution < -0.4 is 5.32 Å². The van der Waals surface area contributed by atoms with Crippen LogP contribution in [0.15, 0.2) is 66.4 Å². The lowest BCUT2D eigenvalue weighted by atomic mass is 9.88. The van der Waals surface area contributed by atoms with Gasteiger partial charge in [-0.2, -0.15) is 14.6 Å². The molecule has 1 N–H and O–H groups in total. The molecule has 2 aliphatic carbocycles. The first-order valence-corrected chi connectivity index (χ1v) is 11.5. The minimum atomic E-state index is 0.327. The van der Waals surface area contributed by atoms with Gasteiger partial charge in [-0.05, 0) is 48.3 Å². The number of aromatic nitrogens is 4. The largest absolute Gasteiger partial charge is 0.351 e. The van der Waals surface area contributed by atoms with E-state index in [1.54, 1.807) is 5.57 Å². The first kappa shape index (κ1) is 19.2. The summed E-state index contributed by atoms with van der Waals surface area (Å²) in [5, 5.41) is 8.40. The molecule has 5 nitrogen and oxygen atoms in total. The summed E-state index contributed by atoms with van der Waals surface area (Å²) in [5.41, 5.74) is 9.11. The van der Waals surface area contributed by atoms with Crippen LogP contribution in [0.3, 0.4) is 0 Å². The Labute approximate surface area is 188 Å². The van der Waals surface area contributed by atoms with Crippen molar-refractivity contribution in [2.45, 2.75) is 51.5 Å². The van der Waals surface area contributed by atoms with Crippen molar-refractivity contribution in [2.75, 3.05) is 5.32 Å².